The number of carbonyl (C=O) groups is 2. The quantitative estimate of drug-likeness (QED) is 0.648. The Labute approximate surface area is 169 Å². The lowest BCUT2D eigenvalue weighted by atomic mass is 9.71. The third-order valence-corrected chi connectivity index (χ3v) is 6.13. The van der Waals surface area contributed by atoms with Crippen LogP contribution in [0.15, 0.2) is 29.0 Å². The number of carbonyl (C=O) groups excluding carboxylic acids is 2. The number of ether oxygens (including phenoxy) is 2. The van der Waals surface area contributed by atoms with Crippen molar-refractivity contribution in [3.05, 3.63) is 45.7 Å². The van der Waals surface area contributed by atoms with Gasteiger partial charge in [-0.1, -0.05) is 11.6 Å². The number of aromatic hydroxyl groups is 1. The van der Waals surface area contributed by atoms with Crippen LogP contribution in [-0.4, -0.2) is 52.8 Å². The second-order valence-corrected chi connectivity index (χ2v) is 7.84. The van der Waals surface area contributed by atoms with Gasteiger partial charge in [0.2, 0.25) is 5.78 Å². The second kappa shape index (κ2) is 7.31. The van der Waals surface area contributed by atoms with Crippen molar-refractivity contribution in [2.45, 2.75) is 51.7 Å². The largest absolute Gasteiger partial charge is 0.507 e. The van der Waals surface area contributed by atoms with Gasteiger partial charge in [-0.05, 0) is 40.2 Å². The van der Waals surface area contributed by atoms with Gasteiger partial charge in [0.1, 0.15) is 17.6 Å². The second-order valence-electron chi connectivity index (χ2n) is 7.84. The van der Waals surface area contributed by atoms with Gasteiger partial charge in [-0.25, -0.2) is 0 Å². The van der Waals surface area contributed by atoms with E-state index in [0.717, 1.165) is 0 Å². The average Bonchev–Trinajstić information content (AvgIpc) is 2.96. The molecule has 1 aromatic carbocycles. The molecule has 156 valence electrons. The molecular formula is C22H26O7. The van der Waals surface area contributed by atoms with Crippen LogP contribution in [0.3, 0.4) is 0 Å². The van der Waals surface area contributed by atoms with Gasteiger partial charge in [-0.3, -0.25) is 9.59 Å². The van der Waals surface area contributed by atoms with Crippen LogP contribution in [0.5, 0.6) is 11.5 Å². The Balaban J connectivity index is 2.18. The van der Waals surface area contributed by atoms with Crippen LogP contribution >= 0.6 is 0 Å². The number of phenols is 1. The predicted octanol–water partition coefficient (Wildman–Crippen LogP) is 2.42. The third-order valence-electron chi connectivity index (χ3n) is 6.13. The molecule has 1 aliphatic carbocycles. The minimum Gasteiger partial charge on any atom is -0.507 e. The molecule has 0 radical (unpaired) electrons. The number of aliphatic hydroxyl groups excluding tert-OH is 2. The average molecular weight is 402 g/mol. The monoisotopic (exact) mass is 402 g/mol. The first-order valence-electron chi connectivity index (χ1n) is 9.45. The number of ketones is 2. The Morgan fingerprint density at radius 1 is 1.38 bits per heavy atom. The normalized spacial score (nSPS) is 24.9. The van der Waals surface area contributed by atoms with E-state index in [2.05, 4.69) is 0 Å². The van der Waals surface area contributed by atoms with Gasteiger partial charge in [0.15, 0.2) is 11.5 Å². The van der Waals surface area contributed by atoms with Crippen LogP contribution in [-0.2, 0) is 10.2 Å². The molecule has 0 fully saturated rings. The van der Waals surface area contributed by atoms with E-state index in [-0.39, 0.29) is 47.0 Å². The molecule has 0 spiro atoms. The van der Waals surface area contributed by atoms with Gasteiger partial charge in [0.25, 0.3) is 0 Å². The molecule has 2 aliphatic rings. The first-order chi connectivity index (χ1) is 13.6. The SMILES string of the molecule is COC1=C(C)C(=O)c2c(cc(O)c3c2OC(C)C3(C)C(O)C/C=C(\C)CO)C1=O. The van der Waals surface area contributed by atoms with E-state index in [1.54, 1.807) is 26.8 Å². The van der Waals surface area contributed by atoms with Gasteiger partial charge < -0.3 is 24.8 Å². The maximum absolute atomic E-state index is 13.0. The molecule has 29 heavy (non-hydrogen) atoms. The first kappa shape index (κ1) is 21.1. The Bertz CT molecular complexity index is 956. The summed E-state index contributed by atoms with van der Waals surface area (Å²) in [6.07, 6.45) is 0.433. The molecule has 0 amide bonds. The van der Waals surface area contributed by atoms with Crippen molar-refractivity contribution < 1.29 is 34.4 Å². The summed E-state index contributed by atoms with van der Waals surface area (Å²) in [5.74, 6) is -1.05. The lowest BCUT2D eigenvalue weighted by Crippen LogP contribution is -2.44. The molecule has 1 aliphatic heterocycles. The summed E-state index contributed by atoms with van der Waals surface area (Å²) in [5, 5.41) is 30.9. The molecule has 7 heteroatoms. The van der Waals surface area contributed by atoms with Crippen LogP contribution < -0.4 is 4.74 Å². The number of hydrogen-bond acceptors (Lipinski definition) is 7. The summed E-state index contributed by atoms with van der Waals surface area (Å²) in [5.41, 5.74) is 0.277. The fourth-order valence-electron chi connectivity index (χ4n) is 4.08. The summed E-state index contributed by atoms with van der Waals surface area (Å²) in [6, 6.07) is 1.25. The van der Waals surface area contributed by atoms with Crippen LogP contribution in [0, 0.1) is 0 Å². The van der Waals surface area contributed by atoms with E-state index >= 15 is 0 Å². The molecule has 0 saturated carbocycles. The number of methoxy groups -OCH3 is 1. The molecule has 3 rings (SSSR count). The number of fused-ring (bicyclic) bond motifs is 3. The van der Waals surface area contributed by atoms with E-state index in [0.29, 0.717) is 11.1 Å². The summed E-state index contributed by atoms with van der Waals surface area (Å²) in [6.45, 7) is 6.64. The minimum absolute atomic E-state index is 0.0238. The van der Waals surface area contributed by atoms with Crippen LogP contribution in [0.1, 0.15) is 60.4 Å². The molecule has 0 bridgehead atoms. The smallest absolute Gasteiger partial charge is 0.228 e. The van der Waals surface area contributed by atoms with Crippen molar-refractivity contribution in [2.24, 2.45) is 0 Å². The summed E-state index contributed by atoms with van der Waals surface area (Å²) in [4.78, 5) is 25.8. The molecule has 1 aromatic rings. The first-order valence-corrected chi connectivity index (χ1v) is 9.45. The highest BCUT2D eigenvalue weighted by atomic mass is 16.5. The fraction of sp³-hybridized carbons (Fsp3) is 0.455. The number of allylic oxidation sites excluding steroid dienone is 2. The van der Waals surface area contributed by atoms with E-state index in [9.17, 15) is 24.9 Å². The van der Waals surface area contributed by atoms with E-state index < -0.39 is 29.2 Å². The number of hydrogen-bond donors (Lipinski definition) is 3. The summed E-state index contributed by atoms with van der Waals surface area (Å²) < 4.78 is 11.1. The lowest BCUT2D eigenvalue weighted by Gasteiger charge is -2.33. The number of rotatable bonds is 5. The standard InChI is InChI=1S/C22H26O7/c1-10(9-23)6-7-15(25)22(4)12(3)29-21-16-13(8-14(24)17(21)22)19(27)20(28-5)11(2)18(16)26/h6,8,12,15,23-25H,7,9H2,1-5H3/b10-6+. The van der Waals surface area contributed by atoms with Crippen LogP contribution in [0.2, 0.25) is 0 Å². The van der Waals surface area contributed by atoms with Crippen molar-refractivity contribution in [2.75, 3.05) is 13.7 Å². The molecule has 3 atom stereocenters. The molecular weight excluding hydrogens is 376 g/mol. The zero-order chi connectivity index (χ0) is 21.7. The zero-order valence-electron chi connectivity index (χ0n) is 17.2. The highest BCUT2D eigenvalue weighted by Gasteiger charge is 2.52. The maximum atomic E-state index is 13.0. The highest BCUT2D eigenvalue weighted by molar-refractivity contribution is 6.27. The molecule has 0 saturated heterocycles. The van der Waals surface area contributed by atoms with Crippen molar-refractivity contribution in [3.63, 3.8) is 0 Å². The summed E-state index contributed by atoms with van der Waals surface area (Å²) >= 11 is 0. The zero-order valence-corrected chi connectivity index (χ0v) is 17.2. The van der Waals surface area contributed by atoms with Gasteiger partial charge in [0.05, 0.1) is 30.8 Å². The van der Waals surface area contributed by atoms with E-state index in [4.69, 9.17) is 9.47 Å². The van der Waals surface area contributed by atoms with Gasteiger partial charge in [-0.2, -0.15) is 0 Å². The Morgan fingerprint density at radius 3 is 2.62 bits per heavy atom. The Morgan fingerprint density at radius 2 is 2.03 bits per heavy atom. The molecule has 0 aromatic heterocycles. The van der Waals surface area contributed by atoms with Crippen molar-refractivity contribution >= 4 is 11.6 Å². The van der Waals surface area contributed by atoms with Gasteiger partial charge in [-0.15, -0.1) is 0 Å². The summed E-state index contributed by atoms with van der Waals surface area (Å²) in [7, 11) is 1.32. The Hall–Kier alpha value is -2.64. The number of Topliss-reactive ketones (excluding diaryl/α,β-unsaturated/α-hetero) is 2. The number of benzene rings is 1. The Kier molecular flexibility index (Phi) is 5.32. The van der Waals surface area contributed by atoms with Crippen LogP contribution in [0.4, 0.5) is 0 Å². The number of phenolic OH excluding ortho intramolecular Hbond substituents is 1. The third kappa shape index (κ3) is 2.96. The fourth-order valence-corrected chi connectivity index (χ4v) is 4.08. The molecule has 1 heterocycles. The highest BCUT2D eigenvalue weighted by Crippen LogP contribution is 2.53. The lowest BCUT2D eigenvalue weighted by molar-refractivity contribution is 0.0390. The van der Waals surface area contributed by atoms with Gasteiger partial charge in [0, 0.05) is 16.7 Å². The minimum atomic E-state index is -1.02. The number of aliphatic hydroxyl groups is 2. The van der Waals surface area contributed by atoms with E-state index in [1.807, 2.05) is 0 Å². The van der Waals surface area contributed by atoms with Crippen LogP contribution in [0.25, 0.3) is 0 Å². The molecule has 3 N–H and O–H groups in total. The maximum Gasteiger partial charge on any atom is 0.228 e. The van der Waals surface area contributed by atoms with E-state index in [1.165, 1.54) is 20.1 Å². The molecule has 7 nitrogen and oxygen atoms in total. The van der Waals surface area contributed by atoms with Crippen molar-refractivity contribution in [1.29, 1.82) is 0 Å². The predicted molar refractivity (Wildman–Crippen MR) is 105 cm³/mol. The molecule has 3 unspecified atom stereocenters. The van der Waals surface area contributed by atoms with Gasteiger partial charge >= 0.3 is 0 Å². The van der Waals surface area contributed by atoms with Crippen molar-refractivity contribution in [1.82, 2.24) is 0 Å². The topological polar surface area (TPSA) is 113 Å². The van der Waals surface area contributed by atoms with Crippen molar-refractivity contribution in [3.8, 4) is 11.5 Å².